The molecule has 1 aliphatic carbocycles. The fourth-order valence-corrected chi connectivity index (χ4v) is 9.75. The maximum atomic E-state index is 6.16. The quantitative estimate of drug-likeness (QED) is 0.184. The number of hydrogen-bond donors (Lipinski definition) is 0. The SMILES string of the molecule is c1ccc2c(c1)-c1cccc3c1c-2cc1sc2ccc(-c4ccc5c(c4)c4ccccc4n5-c4ccc5oc6ccccc6c5c4)cc2c13. The van der Waals surface area contributed by atoms with Crippen LogP contribution in [-0.4, -0.2) is 4.57 Å². The molecule has 0 saturated heterocycles. The minimum atomic E-state index is 0.913. The van der Waals surface area contributed by atoms with E-state index in [-0.39, 0.29) is 0 Å². The Balaban J connectivity index is 1.06. The predicted octanol–water partition coefficient (Wildman–Crippen LogP) is 13.5. The second-order valence-electron chi connectivity index (χ2n) is 13.2. The number of thiophene rings is 1. The molecule has 0 aliphatic heterocycles. The lowest BCUT2D eigenvalue weighted by Gasteiger charge is -2.09. The minimum Gasteiger partial charge on any atom is -0.456 e. The third-order valence-electron chi connectivity index (χ3n) is 10.7. The van der Waals surface area contributed by atoms with Crippen LogP contribution in [0.5, 0.6) is 0 Å². The molecule has 8 aromatic carbocycles. The van der Waals surface area contributed by atoms with Crippen molar-refractivity contribution in [3.8, 4) is 39.1 Å². The molecule has 0 saturated carbocycles. The van der Waals surface area contributed by atoms with Crippen molar-refractivity contribution in [3.63, 3.8) is 0 Å². The van der Waals surface area contributed by atoms with Gasteiger partial charge < -0.3 is 8.98 Å². The number of benzene rings is 8. The lowest BCUT2D eigenvalue weighted by Crippen LogP contribution is -1.93. The van der Waals surface area contributed by atoms with Gasteiger partial charge in [0.25, 0.3) is 0 Å². The highest BCUT2D eigenvalue weighted by molar-refractivity contribution is 7.26. The molecule has 3 heterocycles. The van der Waals surface area contributed by atoms with E-state index < -0.39 is 0 Å². The highest BCUT2D eigenvalue weighted by atomic mass is 32.1. The smallest absolute Gasteiger partial charge is 0.135 e. The lowest BCUT2D eigenvalue weighted by molar-refractivity contribution is 0.669. The van der Waals surface area contributed by atoms with Gasteiger partial charge in [0, 0.05) is 47.4 Å². The molecule has 226 valence electrons. The van der Waals surface area contributed by atoms with Gasteiger partial charge >= 0.3 is 0 Å². The van der Waals surface area contributed by atoms with Crippen LogP contribution in [0.15, 0.2) is 156 Å². The van der Waals surface area contributed by atoms with Crippen molar-refractivity contribution in [2.24, 2.45) is 0 Å². The van der Waals surface area contributed by atoms with Crippen LogP contribution in [0.1, 0.15) is 0 Å². The van der Waals surface area contributed by atoms with Crippen LogP contribution in [0.4, 0.5) is 0 Å². The van der Waals surface area contributed by atoms with Gasteiger partial charge in [0.05, 0.1) is 11.0 Å². The molecule has 0 N–H and O–H groups in total. The Bertz CT molecular complexity index is 3230. The first-order valence-electron chi connectivity index (χ1n) is 16.8. The average Bonchev–Trinajstić information content (AvgIpc) is 3.90. The topological polar surface area (TPSA) is 18.1 Å². The summed E-state index contributed by atoms with van der Waals surface area (Å²) in [7, 11) is 0. The zero-order valence-electron chi connectivity index (χ0n) is 26.2. The number of aromatic nitrogens is 1. The number of furan rings is 1. The van der Waals surface area contributed by atoms with E-state index in [1.54, 1.807) is 0 Å². The van der Waals surface area contributed by atoms with Gasteiger partial charge in [0.2, 0.25) is 0 Å². The number of para-hydroxylation sites is 2. The standard InChI is InChI=1S/C46H25NOS/c1-2-9-30-29(8-1)33-12-7-13-34-45(33)37(30)25-44-46(34)38-23-27(17-21-43(38)49-44)26-16-19-40-35(22-26)31-10-3-5-14-39(31)47(40)28-18-20-42-36(24-28)32-11-4-6-15-41(32)48-42/h1-25H. The van der Waals surface area contributed by atoms with Gasteiger partial charge in [-0.1, -0.05) is 91.0 Å². The number of hydrogen-bond acceptors (Lipinski definition) is 2. The van der Waals surface area contributed by atoms with Gasteiger partial charge in [-0.15, -0.1) is 11.3 Å². The van der Waals surface area contributed by atoms with Crippen LogP contribution in [0.3, 0.4) is 0 Å². The first-order valence-corrected chi connectivity index (χ1v) is 17.6. The van der Waals surface area contributed by atoms with E-state index in [1.165, 1.54) is 86.1 Å². The van der Waals surface area contributed by atoms with Crippen LogP contribution < -0.4 is 0 Å². The highest BCUT2D eigenvalue weighted by Gasteiger charge is 2.24. The van der Waals surface area contributed by atoms with E-state index in [0.29, 0.717) is 0 Å². The summed E-state index contributed by atoms with van der Waals surface area (Å²) in [4.78, 5) is 0. The zero-order valence-corrected chi connectivity index (χ0v) is 27.0. The van der Waals surface area contributed by atoms with Crippen LogP contribution in [0.25, 0.3) is 114 Å². The van der Waals surface area contributed by atoms with Gasteiger partial charge in [0.1, 0.15) is 11.2 Å². The summed E-state index contributed by atoms with van der Waals surface area (Å²) in [6.45, 7) is 0. The van der Waals surface area contributed by atoms with Crippen molar-refractivity contribution in [1.82, 2.24) is 4.57 Å². The van der Waals surface area contributed by atoms with Crippen molar-refractivity contribution in [2.75, 3.05) is 0 Å². The summed E-state index contributed by atoms with van der Waals surface area (Å²) in [5, 5.41) is 10.2. The lowest BCUT2D eigenvalue weighted by atomic mass is 9.96. The Morgan fingerprint density at radius 3 is 2.00 bits per heavy atom. The third kappa shape index (κ3) is 3.40. The number of fused-ring (bicyclic) bond motifs is 13. The van der Waals surface area contributed by atoms with Crippen molar-refractivity contribution >= 4 is 86.0 Å². The zero-order chi connectivity index (χ0) is 31.8. The van der Waals surface area contributed by atoms with Gasteiger partial charge in [0.15, 0.2) is 0 Å². The molecule has 3 heteroatoms. The molecule has 2 nitrogen and oxygen atoms in total. The Hall–Kier alpha value is -6.16. The van der Waals surface area contributed by atoms with Crippen LogP contribution in [0, 0.1) is 0 Å². The maximum absolute atomic E-state index is 6.16. The second kappa shape index (κ2) is 9.25. The molecule has 0 radical (unpaired) electrons. The van der Waals surface area contributed by atoms with E-state index in [1.807, 2.05) is 23.5 Å². The number of rotatable bonds is 2. The predicted molar refractivity (Wildman–Crippen MR) is 208 cm³/mol. The van der Waals surface area contributed by atoms with Crippen molar-refractivity contribution in [2.45, 2.75) is 0 Å². The molecule has 49 heavy (non-hydrogen) atoms. The minimum absolute atomic E-state index is 0.913. The van der Waals surface area contributed by atoms with Crippen molar-refractivity contribution in [3.05, 3.63) is 152 Å². The molecule has 3 aromatic heterocycles. The van der Waals surface area contributed by atoms with Gasteiger partial charge in [-0.25, -0.2) is 0 Å². The first-order chi connectivity index (χ1) is 24.3. The number of nitrogens with zero attached hydrogens (tertiary/aromatic N) is 1. The molecule has 0 atom stereocenters. The molecule has 0 spiro atoms. The normalized spacial score (nSPS) is 12.5. The molecular formula is C46H25NOS. The molecule has 11 aromatic rings. The largest absolute Gasteiger partial charge is 0.456 e. The molecular weight excluding hydrogens is 615 g/mol. The van der Waals surface area contributed by atoms with E-state index in [0.717, 1.165) is 27.6 Å². The molecule has 0 unspecified atom stereocenters. The van der Waals surface area contributed by atoms with Crippen LogP contribution in [-0.2, 0) is 0 Å². The maximum Gasteiger partial charge on any atom is 0.135 e. The monoisotopic (exact) mass is 639 g/mol. The summed E-state index contributed by atoms with van der Waals surface area (Å²) < 4.78 is 11.2. The summed E-state index contributed by atoms with van der Waals surface area (Å²) in [6, 6.07) is 55.7. The van der Waals surface area contributed by atoms with E-state index >= 15 is 0 Å². The highest BCUT2D eigenvalue weighted by Crippen LogP contribution is 2.52. The Morgan fingerprint density at radius 2 is 1.08 bits per heavy atom. The van der Waals surface area contributed by atoms with E-state index in [9.17, 15) is 0 Å². The van der Waals surface area contributed by atoms with Gasteiger partial charge in [-0.2, -0.15) is 0 Å². The van der Waals surface area contributed by atoms with Crippen molar-refractivity contribution in [1.29, 1.82) is 0 Å². The van der Waals surface area contributed by atoms with E-state index in [4.69, 9.17) is 4.42 Å². The van der Waals surface area contributed by atoms with E-state index in [2.05, 4.69) is 144 Å². The second-order valence-corrected chi connectivity index (χ2v) is 14.3. The Labute approximate surface area is 284 Å². The van der Waals surface area contributed by atoms with Crippen molar-refractivity contribution < 1.29 is 4.42 Å². The first kappa shape index (κ1) is 25.9. The van der Waals surface area contributed by atoms with Crippen LogP contribution >= 0.6 is 11.3 Å². The molecule has 1 aliphatic rings. The summed E-state index contributed by atoms with van der Waals surface area (Å²) in [5.41, 5.74) is 13.2. The summed E-state index contributed by atoms with van der Waals surface area (Å²) in [6.07, 6.45) is 0. The molecule has 0 amide bonds. The van der Waals surface area contributed by atoms with Crippen LogP contribution in [0.2, 0.25) is 0 Å². The van der Waals surface area contributed by atoms with Gasteiger partial charge in [-0.3, -0.25) is 0 Å². The fraction of sp³-hybridized carbons (Fsp3) is 0. The van der Waals surface area contributed by atoms with Gasteiger partial charge in [-0.05, 0) is 105 Å². The Kier molecular flexibility index (Phi) is 4.89. The molecule has 0 bridgehead atoms. The summed E-state index contributed by atoms with van der Waals surface area (Å²) in [5.74, 6) is 0. The molecule has 0 fully saturated rings. The summed E-state index contributed by atoms with van der Waals surface area (Å²) >= 11 is 1.91. The average molecular weight is 640 g/mol. The fourth-order valence-electron chi connectivity index (χ4n) is 8.60. The third-order valence-corrected chi connectivity index (χ3v) is 11.8. The molecule has 12 rings (SSSR count). The Morgan fingerprint density at radius 1 is 0.388 bits per heavy atom.